The second-order valence-corrected chi connectivity index (χ2v) is 13.1. The third-order valence-electron chi connectivity index (χ3n) is 9.78. The molecule has 4 aromatic rings. The van der Waals surface area contributed by atoms with Gasteiger partial charge in [0.05, 0.1) is 42.4 Å². The van der Waals surface area contributed by atoms with Gasteiger partial charge in [0, 0.05) is 17.4 Å². The average molecular weight is 665 g/mol. The Morgan fingerprint density at radius 3 is 1.89 bits per heavy atom. The molecule has 7 atom stereocenters. The number of methoxy groups -OCH3 is 2. The summed E-state index contributed by atoms with van der Waals surface area (Å²) >= 11 is 13.3. The van der Waals surface area contributed by atoms with Crippen molar-refractivity contribution in [2.45, 2.75) is 34.6 Å². The maximum atomic E-state index is 15.0. The van der Waals surface area contributed by atoms with Gasteiger partial charge in [0.25, 0.3) is 0 Å². The number of halogens is 2. The Hall–Kier alpha value is -4.34. The van der Waals surface area contributed by atoms with Crippen LogP contribution in [0.25, 0.3) is 0 Å². The van der Waals surface area contributed by atoms with Crippen molar-refractivity contribution in [2.24, 2.45) is 11.3 Å². The molecule has 0 bridgehead atoms. The summed E-state index contributed by atoms with van der Waals surface area (Å²) in [5.74, 6) is -1.48. The fourth-order valence-electron chi connectivity index (χ4n) is 7.50. The Morgan fingerprint density at radius 1 is 0.809 bits per heavy atom. The van der Waals surface area contributed by atoms with Crippen LogP contribution in [0, 0.1) is 22.7 Å². The van der Waals surface area contributed by atoms with Crippen molar-refractivity contribution >= 4 is 29.0 Å². The summed E-state index contributed by atoms with van der Waals surface area (Å²) in [5, 5.41) is 23.9. The van der Waals surface area contributed by atoms with E-state index in [1.165, 1.54) is 0 Å². The zero-order chi connectivity index (χ0) is 33.2. The van der Waals surface area contributed by atoms with Crippen LogP contribution < -0.4 is 9.47 Å². The van der Waals surface area contributed by atoms with Crippen LogP contribution in [-0.2, 0) is 5.60 Å². The van der Waals surface area contributed by atoms with Gasteiger partial charge in [-0.15, -0.1) is 23.2 Å². The molecule has 0 aromatic heterocycles. The van der Waals surface area contributed by atoms with Crippen molar-refractivity contribution in [3.05, 3.63) is 155 Å². The number of carbonyl (C=O) groups excluding carboxylic acids is 1. The van der Waals surface area contributed by atoms with Gasteiger partial charge in [-0.05, 0) is 52.9 Å². The highest BCUT2D eigenvalue weighted by atomic mass is 35.5. The number of carbonyl (C=O) groups is 1. The van der Waals surface area contributed by atoms with Crippen LogP contribution in [0.5, 0.6) is 11.5 Å². The standard InChI is InChI=1S/C40H35Cl2NO4/c1-46-31-18-13-26(14-19-31)33-24-40(45,29-11-7-4-8-12-29)37(38(44)28-9-5-3-6-10-28)36(27-15-20-32(47-2)21-16-27)39(33,25-43)30-17-22-34(41)35(42)23-30/h3-23,33-37,45H,24H2,1-2H3/t33-,34+,35-,36-,37+,39-,40-/m0/s1. The lowest BCUT2D eigenvalue weighted by Crippen LogP contribution is -2.56. The topological polar surface area (TPSA) is 79.6 Å². The first kappa shape index (κ1) is 32.6. The normalized spacial score (nSPS) is 28.5. The molecule has 1 fully saturated rings. The quantitative estimate of drug-likeness (QED) is 0.151. The van der Waals surface area contributed by atoms with Crippen molar-refractivity contribution < 1.29 is 19.4 Å². The Bertz CT molecular complexity index is 1820. The van der Waals surface area contributed by atoms with Crippen LogP contribution in [0.1, 0.15) is 45.3 Å². The molecule has 1 N–H and O–H groups in total. The maximum Gasteiger partial charge on any atom is 0.169 e. The lowest BCUT2D eigenvalue weighted by atomic mass is 9.45. The highest BCUT2D eigenvalue weighted by Gasteiger charge is 2.65. The van der Waals surface area contributed by atoms with E-state index in [1.54, 1.807) is 32.4 Å². The summed E-state index contributed by atoms with van der Waals surface area (Å²) in [5.41, 5.74) is 0.172. The third-order valence-corrected chi connectivity index (χ3v) is 10.7. The first-order valence-corrected chi connectivity index (χ1v) is 16.4. The van der Waals surface area contributed by atoms with Crippen molar-refractivity contribution in [2.75, 3.05) is 14.2 Å². The number of Topliss-reactive ketones (excluding diaryl/α,β-unsaturated/α-hetero) is 1. The number of benzene rings is 4. The molecule has 6 rings (SSSR count). The van der Waals surface area contributed by atoms with Crippen LogP contribution in [-0.4, -0.2) is 35.9 Å². The number of nitriles is 1. The van der Waals surface area contributed by atoms with Gasteiger partial charge in [0.2, 0.25) is 0 Å². The van der Waals surface area contributed by atoms with Crippen LogP contribution in [0.2, 0.25) is 0 Å². The molecule has 0 aliphatic heterocycles. The predicted molar refractivity (Wildman–Crippen MR) is 185 cm³/mol. The van der Waals surface area contributed by atoms with Gasteiger partial charge >= 0.3 is 0 Å². The van der Waals surface area contributed by atoms with E-state index in [4.69, 9.17) is 32.7 Å². The molecule has 238 valence electrons. The predicted octanol–water partition coefficient (Wildman–Crippen LogP) is 8.58. The molecule has 0 heterocycles. The lowest BCUT2D eigenvalue weighted by molar-refractivity contribution is -0.0812. The zero-order valence-electron chi connectivity index (χ0n) is 26.1. The van der Waals surface area contributed by atoms with Gasteiger partial charge in [-0.2, -0.15) is 5.26 Å². The fraction of sp³-hybridized carbons (Fsp3) is 0.250. The van der Waals surface area contributed by atoms with Gasteiger partial charge in [-0.1, -0.05) is 103 Å². The minimum absolute atomic E-state index is 0.0786. The largest absolute Gasteiger partial charge is 0.497 e. The van der Waals surface area contributed by atoms with Crippen molar-refractivity contribution in [3.8, 4) is 17.6 Å². The lowest BCUT2D eigenvalue weighted by Gasteiger charge is -2.56. The minimum Gasteiger partial charge on any atom is -0.497 e. The molecule has 0 saturated heterocycles. The van der Waals surface area contributed by atoms with Crippen LogP contribution in [0.4, 0.5) is 0 Å². The summed E-state index contributed by atoms with van der Waals surface area (Å²) in [6, 6.07) is 36.0. The summed E-state index contributed by atoms with van der Waals surface area (Å²) in [4.78, 5) is 15.0. The summed E-state index contributed by atoms with van der Waals surface area (Å²) in [6.45, 7) is 0. The number of allylic oxidation sites excluding steroid dienone is 4. The second kappa shape index (κ2) is 13.4. The molecule has 0 unspecified atom stereocenters. The van der Waals surface area contributed by atoms with Crippen molar-refractivity contribution in [1.29, 1.82) is 5.26 Å². The SMILES string of the molecule is COc1ccc([C@@H]2C[C@](O)(c3ccccc3)[C@@H](C(=O)c3ccccc3)[C@H](c3ccc(OC)cc3)[C@@]2(C#N)C2=C[C@H](Cl)[C@H](Cl)C=C2)cc1. The first-order valence-electron chi connectivity index (χ1n) is 15.5. The van der Waals surface area contributed by atoms with Gasteiger partial charge in [-0.3, -0.25) is 4.79 Å². The van der Waals surface area contributed by atoms with Crippen LogP contribution in [0.3, 0.4) is 0 Å². The Labute approximate surface area is 285 Å². The molecule has 7 heteroatoms. The van der Waals surface area contributed by atoms with Gasteiger partial charge in [0.15, 0.2) is 5.78 Å². The molecule has 47 heavy (non-hydrogen) atoms. The minimum atomic E-state index is -1.68. The van der Waals surface area contributed by atoms with E-state index in [9.17, 15) is 10.4 Å². The average Bonchev–Trinajstić information content (AvgIpc) is 3.13. The molecule has 4 aromatic carbocycles. The van der Waals surface area contributed by atoms with Crippen LogP contribution in [0.15, 0.2) is 133 Å². The van der Waals surface area contributed by atoms with Gasteiger partial charge in [-0.25, -0.2) is 0 Å². The van der Waals surface area contributed by atoms with E-state index < -0.39 is 39.5 Å². The van der Waals surface area contributed by atoms with Gasteiger partial charge < -0.3 is 14.6 Å². The Morgan fingerprint density at radius 2 is 1.36 bits per heavy atom. The maximum absolute atomic E-state index is 15.0. The number of alkyl halides is 2. The van der Waals surface area contributed by atoms with E-state index >= 15 is 4.79 Å². The highest BCUT2D eigenvalue weighted by molar-refractivity contribution is 6.32. The number of ether oxygens (including phenoxy) is 2. The molecule has 2 aliphatic rings. The monoisotopic (exact) mass is 663 g/mol. The van der Waals surface area contributed by atoms with E-state index in [0.717, 1.165) is 5.56 Å². The van der Waals surface area contributed by atoms with E-state index in [-0.39, 0.29) is 12.2 Å². The number of hydrogen-bond acceptors (Lipinski definition) is 5. The van der Waals surface area contributed by atoms with E-state index in [1.807, 2.05) is 109 Å². The Balaban J connectivity index is 1.72. The van der Waals surface area contributed by atoms with E-state index in [2.05, 4.69) is 6.07 Å². The number of ketones is 1. The molecular weight excluding hydrogens is 629 g/mol. The summed E-state index contributed by atoms with van der Waals surface area (Å²) < 4.78 is 11.0. The number of aliphatic hydroxyl groups is 1. The van der Waals surface area contributed by atoms with Crippen molar-refractivity contribution in [3.63, 3.8) is 0 Å². The molecular formula is C40H35Cl2NO4. The fourth-order valence-corrected chi connectivity index (χ4v) is 7.87. The molecule has 1 saturated carbocycles. The first-order chi connectivity index (χ1) is 22.8. The number of rotatable bonds is 8. The highest BCUT2D eigenvalue weighted by Crippen LogP contribution is 2.66. The molecule has 0 radical (unpaired) electrons. The zero-order valence-corrected chi connectivity index (χ0v) is 27.6. The van der Waals surface area contributed by atoms with E-state index in [0.29, 0.717) is 33.8 Å². The van der Waals surface area contributed by atoms with Gasteiger partial charge in [0.1, 0.15) is 17.1 Å². The molecule has 5 nitrogen and oxygen atoms in total. The smallest absolute Gasteiger partial charge is 0.169 e. The molecule has 2 aliphatic carbocycles. The van der Waals surface area contributed by atoms with Crippen LogP contribution >= 0.6 is 23.2 Å². The summed E-state index contributed by atoms with van der Waals surface area (Å²) in [7, 11) is 3.19. The number of hydrogen-bond donors (Lipinski definition) is 1. The summed E-state index contributed by atoms with van der Waals surface area (Å²) in [6.07, 6.45) is 5.58. The number of nitrogens with zero attached hydrogens (tertiary/aromatic N) is 1. The molecule has 0 spiro atoms. The third kappa shape index (κ3) is 5.76. The Kier molecular flexibility index (Phi) is 9.30. The molecule has 0 amide bonds. The van der Waals surface area contributed by atoms with Crippen molar-refractivity contribution in [1.82, 2.24) is 0 Å². The second-order valence-electron chi connectivity index (χ2n) is 12.1.